The van der Waals surface area contributed by atoms with Crippen LogP contribution in [0.2, 0.25) is 0 Å². The molecule has 0 amide bonds. The Bertz CT molecular complexity index is 1020. The van der Waals surface area contributed by atoms with Crippen molar-refractivity contribution in [3.63, 3.8) is 0 Å². The van der Waals surface area contributed by atoms with Crippen LogP contribution in [0.4, 0.5) is 5.82 Å². The fourth-order valence-electron chi connectivity index (χ4n) is 3.90. The highest BCUT2D eigenvalue weighted by molar-refractivity contribution is 9.10. The lowest BCUT2D eigenvalue weighted by Gasteiger charge is -2.36. The van der Waals surface area contributed by atoms with Crippen molar-refractivity contribution in [1.82, 2.24) is 9.97 Å². The number of hydrazone groups is 1. The number of benzene rings is 1. The van der Waals surface area contributed by atoms with E-state index in [4.69, 9.17) is 0 Å². The van der Waals surface area contributed by atoms with Crippen LogP contribution in [-0.4, -0.2) is 16.2 Å². The number of nitrogens with one attached hydrogen (secondary N) is 1. The van der Waals surface area contributed by atoms with Crippen molar-refractivity contribution in [3.8, 4) is 0 Å². The lowest BCUT2D eigenvalue weighted by molar-refractivity contribution is 0.184. The second-order valence-electron chi connectivity index (χ2n) is 8.11. The van der Waals surface area contributed by atoms with Crippen LogP contribution >= 0.6 is 27.3 Å². The first-order chi connectivity index (χ1) is 13.5. The molecule has 4 nitrogen and oxygen atoms in total. The maximum absolute atomic E-state index is 4.54. The van der Waals surface area contributed by atoms with Gasteiger partial charge in [-0.3, -0.25) is 5.43 Å². The molecule has 0 aliphatic heterocycles. The number of hydrogen-bond donors (Lipinski definition) is 1. The molecule has 1 aliphatic carbocycles. The molecule has 28 heavy (non-hydrogen) atoms. The number of aryl methyl sites for hydroxylation is 1. The maximum atomic E-state index is 4.54. The van der Waals surface area contributed by atoms with Crippen molar-refractivity contribution in [3.05, 3.63) is 51.1 Å². The molecule has 2 heterocycles. The second kappa shape index (κ2) is 7.91. The normalized spacial score (nSPS) is 17.2. The molecule has 1 atom stereocenters. The molecule has 1 N–H and O–H groups in total. The van der Waals surface area contributed by atoms with Gasteiger partial charge in [-0.1, -0.05) is 55.3 Å². The molecule has 0 unspecified atom stereocenters. The van der Waals surface area contributed by atoms with Crippen molar-refractivity contribution in [1.29, 1.82) is 0 Å². The number of thiophene rings is 1. The van der Waals surface area contributed by atoms with Gasteiger partial charge in [0.15, 0.2) is 5.82 Å². The van der Waals surface area contributed by atoms with Gasteiger partial charge in [-0.25, -0.2) is 9.97 Å². The first kappa shape index (κ1) is 19.5. The number of fused-ring (bicyclic) bond motifs is 3. The Morgan fingerprint density at radius 1 is 1.36 bits per heavy atom. The topological polar surface area (TPSA) is 50.2 Å². The molecule has 0 saturated heterocycles. The average Bonchev–Trinajstić information content (AvgIpc) is 3.06. The second-order valence-corrected chi connectivity index (χ2v) is 10.1. The first-order valence-electron chi connectivity index (χ1n) is 9.78. The molecule has 3 aromatic rings. The number of hydrogen-bond acceptors (Lipinski definition) is 5. The van der Waals surface area contributed by atoms with E-state index in [0.29, 0.717) is 11.3 Å². The van der Waals surface area contributed by atoms with Gasteiger partial charge >= 0.3 is 0 Å². The lowest BCUT2D eigenvalue weighted by atomic mass is 9.69. The summed E-state index contributed by atoms with van der Waals surface area (Å²) < 4.78 is 1.04. The number of halogens is 1. The zero-order valence-electron chi connectivity index (χ0n) is 16.5. The summed E-state index contributed by atoms with van der Waals surface area (Å²) in [5, 5.41) is 5.59. The Morgan fingerprint density at radius 3 is 3.00 bits per heavy atom. The summed E-state index contributed by atoms with van der Waals surface area (Å²) in [6.45, 7) is 7.10. The van der Waals surface area contributed by atoms with E-state index in [1.165, 1.54) is 23.3 Å². The van der Waals surface area contributed by atoms with E-state index in [1.807, 2.05) is 41.8 Å². The summed E-state index contributed by atoms with van der Waals surface area (Å²) in [6, 6.07) is 8.06. The van der Waals surface area contributed by atoms with Gasteiger partial charge in [0.2, 0.25) is 0 Å². The van der Waals surface area contributed by atoms with Crippen LogP contribution in [-0.2, 0) is 12.8 Å². The van der Waals surface area contributed by atoms with Crippen molar-refractivity contribution >= 4 is 49.5 Å². The largest absolute Gasteiger partial charge is 0.261 e. The van der Waals surface area contributed by atoms with Crippen molar-refractivity contribution in [2.45, 2.75) is 46.5 Å². The van der Waals surface area contributed by atoms with Gasteiger partial charge in [-0.15, -0.1) is 11.3 Å². The zero-order valence-corrected chi connectivity index (χ0v) is 18.9. The summed E-state index contributed by atoms with van der Waals surface area (Å²) in [6.07, 6.45) is 8.17. The van der Waals surface area contributed by atoms with Crippen LogP contribution in [0.1, 0.15) is 49.6 Å². The summed E-state index contributed by atoms with van der Waals surface area (Å²) in [4.78, 5) is 11.6. The molecule has 0 saturated carbocycles. The quantitative estimate of drug-likeness (QED) is 0.354. The predicted octanol–water partition coefficient (Wildman–Crippen LogP) is 6.44. The Balaban J connectivity index is 1.64. The highest BCUT2D eigenvalue weighted by atomic mass is 79.9. The van der Waals surface area contributed by atoms with E-state index >= 15 is 0 Å². The molecular weight excluding hydrogens is 432 g/mol. The van der Waals surface area contributed by atoms with Gasteiger partial charge in [-0.2, -0.15) is 5.10 Å². The van der Waals surface area contributed by atoms with E-state index in [1.54, 1.807) is 6.33 Å². The lowest BCUT2D eigenvalue weighted by Crippen LogP contribution is -2.28. The van der Waals surface area contributed by atoms with E-state index in [-0.39, 0.29) is 0 Å². The summed E-state index contributed by atoms with van der Waals surface area (Å²) >= 11 is 5.31. The minimum Gasteiger partial charge on any atom is -0.261 e. The van der Waals surface area contributed by atoms with Gasteiger partial charge in [0, 0.05) is 9.35 Å². The Kier molecular flexibility index (Phi) is 5.52. The molecule has 0 spiro atoms. The Hall–Kier alpha value is -1.79. The minimum atomic E-state index is 0.355. The van der Waals surface area contributed by atoms with E-state index < -0.39 is 0 Å². The Labute approximate surface area is 178 Å². The smallest absolute Gasteiger partial charge is 0.158 e. The molecule has 2 aromatic heterocycles. The van der Waals surface area contributed by atoms with E-state index in [2.05, 4.69) is 57.2 Å². The summed E-state index contributed by atoms with van der Waals surface area (Å²) in [5.74, 6) is 1.50. The molecule has 1 aliphatic rings. The minimum absolute atomic E-state index is 0.355. The number of nitrogens with zero attached hydrogens (tertiary/aromatic N) is 3. The fourth-order valence-corrected chi connectivity index (χ4v) is 5.50. The van der Waals surface area contributed by atoms with E-state index in [9.17, 15) is 0 Å². The molecule has 0 radical (unpaired) electrons. The standard InChI is InChI=1S/C22H25BrN4S/c1-4-22(2,3)15-8-9-18-17(11-15)19-20(24-13-25-21(19)28-18)27-26-12-14-6-5-7-16(23)10-14/h5-7,10,12-13,15H,4,8-9,11H2,1-3H3,(H,24,25,27)/b26-12-/t15-/m1/s1. The zero-order chi connectivity index (χ0) is 19.7. The average molecular weight is 457 g/mol. The molecule has 1 aromatic carbocycles. The molecule has 0 fully saturated rings. The maximum Gasteiger partial charge on any atom is 0.158 e. The highest BCUT2D eigenvalue weighted by Gasteiger charge is 2.33. The van der Waals surface area contributed by atoms with Gasteiger partial charge in [0.05, 0.1) is 11.6 Å². The number of anilines is 1. The Morgan fingerprint density at radius 2 is 2.21 bits per heavy atom. The molecule has 6 heteroatoms. The van der Waals surface area contributed by atoms with Crippen molar-refractivity contribution in [2.24, 2.45) is 16.4 Å². The van der Waals surface area contributed by atoms with Gasteiger partial charge in [-0.05, 0) is 53.9 Å². The number of rotatable bonds is 5. The third-order valence-corrected chi connectivity index (χ3v) is 7.78. The highest BCUT2D eigenvalue weighted by Crippen LogP contribution is 2.45. The van der Waals surface area contributed by atoms with Gasteiger partial charge in [0.1, 0.15) is 11.2 Å². The first-order valence-corrected chi connectivity index (χ1v) is 11.4. The third kappa shape index (κ3) is 3.85. The monoisotopic (exact) mass is 456 g/mol. The predicted molar refractivity (Wildman–Crippen MR) is 122 cm³/mol. The van der Waals surface area contributed by atoms with Crippen LogP contribution in [0.3, 0.4) is 0 Å². The van der Waals surface area contributed by atoms with Crippen LogP contribution < -0.4 is 5.43 Å². The van der Waals surface area contributed by atoms with Gasteiger partial charge < -0.3 is 0 Å². The summed E-state index contributed by atoms with van der Waals surface area (Å²) in [5.41, 5.74) is 5.99. The molecule has 0 bridgehead atoms. The van der Waals surface area contributed by atoms with Crippen molar-refractivity contribution in [2.75, 3.05) is 5.43 Å². The molecule has 4 rings (SSSR count). The van der Waals surface area contributed by atoms with Crippen LogP contribution in [0.5, 0.6) is 0 Å². The van der Waals surface area contributed by atoms with Crippen LogP contribution in [0, 0.1) is 11.3 Å². The number of aromatic nitrogens is 2. The SMILES string of the molecule is CCC(C)(C)[C@@H]1CCc2sc3ncnc(N/N=C\c4cccc(Br)c4)c3c2C1. The third-order valence-electron chi connectivity index (χ3n) is 6.09. The molecular formula is C22H25BrN4S. The van der Waals surface area contributed by atoms with E-state index in [0.717, 1.165) is 38.9 Å². The summed E-state index contributed by atoms with van der Waals surface area (Å²) in [7, 11) is 0. The molecule has 146 valence electrons. The fraction of sp³-hybridized carbons (Fsp3) is 0.409. The van der Waals surface area contributed by atoms with Gasteiger partial charge in [0.25, 0.3) is 0 Å². The van der Waals surface area contributed by atoms with Crippen molar-refractivity contribution < 1.29 is 0 Å². The van der Waals surface area contributed by atoms with Crippen LogP contribution in [0.25, 0.3) is 10.2 Å². The van der Waals surface area contributed by atoms with Crippen LogP contribution in [0.15, 0.2) is 40.2 Å².